The number of hydrogen-bond acceptors (Lipinski definition) is 3. The van der Waals surface area contributed by atoms with E-state index in [9.17, 15) is 9.90 Å². The molecular weight excluding hydrogens is 313 g/mol. The zero-order chi connectivity index (χ0) is 15.1. The molecule has 0 aliphatic carbocycles. The Morgan fingerprint density at radius 3 is 2.52 bits per heavy atom. The second kappa shape index (κ2) is 5.22. The topological polar surface area (TPSA) is 55.4 Å². The molecule has 0 spiro atoms. The van der Waals surface area contributed by atoms with Crippen molar-refractivity contribution >= 4 is 34.3 Å². The van der Waals surface area contributed by atoms with Gasteiger partial charge in [0.1, 0.15) is 6.10 Å². The highest BCUT2D eigenvalue weighted by Gasteiger charge is 2.18. The van der Waals surface area contributed by atoms with Crippen LogP contribution in [-0.2, 0) is 7.05 Å². The van der Waals surface area contributed by atoms with Crippen molar-refractivity contribution < 1.29 is 9.52 Å². The van der Waals surface area contributed by atoms with E-state index in [1.165, 1.54) is 4.57 Å². The summed E-state index contributed by atoms with van der Waals surface area (Å²) in [5, 5.41) is 11.3. The maximum Gasteiger partial charge on any atom is 0.419 e. The molecule has 1 heterocycles. The Balaban J connectivity index is 2.14. The van der Waals surface area contributed by atoms with Crippen molar-refractivity contribution in [1.29, 1.82) is 0 Å². The average molecular weight is 324 g/mol. The minimum absolute atomic E-state index is 0.379. The van der Waals surface area contributed by atoms with Crippen molar-refractivity contribution in [2.24, 2.45) is 7.05 Å². The van der Waals surface area contributed by atoms with E-state index in [0.717, 1.165) is 0 Å². The lowest BCUT2D eigenvalue weighted by Crippen LogP contribution is -2.08. The largest absolute Gasteiger partial charge is 0.419 e. The average Bonchev–Trinajstić information content (AvgIpc) is 2.73. The summed E-state index contributed by atoms with van der Waals surface area (Å²) in [5.41, 5.74) is 2.04. The summed E-state index contributed by atoms with van der Waals surface area (Å²) in [7, 11) is 1.62. The molecule has 2 aromatic carbocycles. The molecule has 6 heteroatoms. The Bertz CT molecular complexity index is 862. The maximum absolute atomic E-state index is 11.5. The first-order chi connectivity index (χ1) is 9.99. The van der Waals surface area contributed by atoms with Gasteiger partial charge in [-0.15, -0.1) is 0 Å². The van der Waals surface area contributed by atoms with Gasteiger partial charge in [0.2, 0.25) is 0 Å². The Morgan fingerprint density at radius 1 is 1.19 bits per heavy atom. The van der Waals surface area contributed by atoms with Gasteiger partial charge in [0.25, 0.3) is 0 Å². The van der Waals surface area contributed by atoms with Crippen LogP contribution in [0.5, 0.6) is 0 Å². The standard InChI is InChI=1S/C15H11Cl2NO3/c1-18-11-6-5-8(7-12(11)21-15(18)20)14(19)13-9(16)3-2-4-10(13)17/h2-7,14,19H,1H3. The normalized spacial score (nSPS) is 12.8. The lowest BCUT2D eigenvalue weighted by atomic mass is 10.0. The molecule has 1 aromatic heterocycles. The predicted octanol–water partition coefficient (Wildman–Crippen LogP) is 3.52. The number of rotatable bonds is 2. The Labute approximate surface area is 130 Å². The van der Waals surface area contributed by atoms with Crippen molar-refractivity contribution in [2.75, 3.05) is 0 Å². The van der Waals surface area contributed by atoms with Gasteiger partial charge >= 0.3 is 5.76 Å². The lowest BCUT2D eigenvalue weighted by molar-refractivity contribution is 0.220. The highest BCUT2D eigenvalue weighted by molar-refractivity contribution is 6.36. The molecule has 1 atom stereocenters. The molecule has 3 rings (SSSR count). The Morgan fingerprint density at radius 2 is 1.86 bits per heavy atom. The zero-order valence-electron chi connectivity index (χ0n) is 11.0. The Kier molecular flexibility index (Phi) is 3.53. The molecule has 0 saturated heterocycles. The van der Waals surface area contributed by atoms with Crippen molar-refractivity contribution in [2.45, 2.75) is 6.10 Å². The molecule has 0 saturated carbocycles. The van der Waals surface area contributed by atoms with Crippen LogP contribution < -0.4 is 5.76 Å². The number of aliphatic hydroxyl groups is 1. The van der Waals surface area contributed by atoms with E-state index >= 15 is 0 Å². The number of aromatic nitrogens is 1. The van der Waals surface area contributed by atoms with Crippen LogP contribution in [0, 0.1) is 0 Å². The second-order valence-corrected chi connectivity index (χ2v) is 5.51. The number of aliphatic hydroxyl groups excluding tert-OH is 1. The van der Waals surface area contributed by atoms with Crippen molar-refractivity contribution in [1.82, 2.24) is 4.57 Å². The van der Waals surface area contributed by atoms with Gasteiger partial charge in [0.05, 0.1) is 5.52 Å². The highest BCUT2D eigenvalue weighted by Crippen LogP contribution is 2.34. The number of fused-ring (bicyclic) bond motifs is 1. The summed E-state index contributed by atoms with van der Waals surface area (Å²) in [6, 6.07) is 10.1. The molecule has 0 aliphatic heterocycles. The van der Waals surface area contributed by atoms with Gasteiger partial charge in [-0.3, -0.25) is 4.57 Å². The van der Waals surface area contributed by atoms with Crippen LogP contribution in [0.2, 0.25) is 10.0 Å². The molecule has 4 nitrogen and oxygen atoms in total. The summed E-state index contributed by atoms with van der Waals surface area (Å²) < 4.78 is 6.51. The molecule has 0 bridgehead atoms. The molecule has 0 radical (unpaired) electrons. The van der Waals surface area contributed by atoms with Gasteiger partial charge < -0.3 is 9.52 Å². The molecule has 108 valence electrons. The number of halogens is 2. The first-order valence-corrected chi connectivity index (χ1v) is 6.96. The van der Waals surface area contributed by atoms with E-state index in [0.29, 0.717) is 32.3 Å². The summed E-state index contributed by atoms with van der Waals surface area (Å²) in [6.07, 6.45) is -0.999. The van der Waals surface area contributed by atoms with Crippen LogP contribution >= 0.6 is 23.2 Å². The second-order valence-electron chi connectivity index (χ2n) is 4.69. The van der Waals surface area contributed by atoms with E-state index < -0.39 is 11.9 Å². The zero-order valence-corrected chi connectivity index (χ0v) is 12.5. The van der Waals surface area contributed by atoms with Crippen molar-refractivity contribution in [3.05, 3.63) is 68.1 Å². The molecule has 3 aromatic rings. The first kappa shape index (κ1) is 14.2. The van der Waals surface area contributed by atoms with E-state index in [-0.39, 0.29) is 0 Å². The molecule has 0 amide bonds. The van der Waals surface area contributed by atoms with E-state index in [1.807, 2.05) is 0 Å². The van der Waals surface area contributed by atoms with Gasteiger partial charge in [-0.1, -0.05) is 35.3 Å². The molecule has 1 unspecified atom stereocenters. The first-order valence-electron chi connectivity index (χ1n) is 6.20. The fourth-order valence-electron chi connectivity index (χ4n) is 2.26. The summed E-state index contributed by atoms with van der Waals surface area (Å²) in [5.74, 6) is -0.451. The van der Waals surface area contributed by atoms with Crippen molar-refractivity contribution in [3.8, 4) is 0 Å². The van der Waals surface area contributed by atoms with Crippen LogP contribution in [0.15, 0.2) is 45.6 Å². The Hall–Kier alpha value is -1.75. The van der Waals surface area contributed by atoms with Crippen LogP contribution in [0.3, 0.4) is 0 Å². The van der Waals surface area contributed by atoms with E-state index in [1.54, 1.807) is 43.4 Å². The number of aryl methyl sites for hydroxylation is 1. The van der Waals surface area contributed by atoms with E-state index in [2.05, 4.69) is 0 Å². The molecule has 21 heavy (non-hydrogen) atoms. The fraction of sp³-hybridized carbons (Fsp3) is 0.133. The van der Waals surface area contributed by atoms with Gasteiger partial charge in [-0.25, -0.2) is 4.79 Å². The minimum Gasteiger partial charge on any atom is -0.408 e. The number of oxazole rings is 1. The molecule has 0 aliphatic rings. The van der Waals surface area contributed by atoms with Crippen molar-refractivity contribution in [3.63, 3.8) is 0 Å². The smallest absolute Gasteiger partial charge is 0.408 e. The minimum atomic E-state index is -0.999. The SMILES string of the molecule is Cn1c(=O)oc2cc(C(O)c3c(Cl)cccc3Cl)ccc21. The molecule has 1 N–H and O–H groups in total. The fourth-order valence-corrected chi connectivity index (χ4v) is 2.86. The maximum atomic E-state index is 11.5. The third-order valence-corrected chi connectivity index (χ3v) is 4.06. The van der Waals surface area contributed by atoms with Crippen LogP contribution in [0.25, 0.3) is 11.1 Å². The summed E-state index contributed by atoms with van der Waals surface area (Å²) in [6.45, 7) is 0. The third kappa shape index (κ3) is 2.35. The molecular formula is C15H11Cl2NO3. The lowest BCUT2D eigenvalue weighted by Gasteiger charge is -2.14. The summed E-state index contributed by atoms with van der Waals surface area (Å²) >= 11 is 12.2. The van der Waals surface area contributed by atoms with E-state index in [4.69, 9.17) is 27.6 Å². The van der Waals surface area contributed by atoms with Crippen LogP contribution in [-0.4, -0.2) is 9.67 Å². The van der Waals surface area contributed by atoms with Gasteiger partial charge in [-0.2, -0.15) is 0 Å². The highest BCUT2D eigenvalue weighted by atomic mass is 35.5. The molecule has 0 fully saturated rings. The monoisotopic (exact) mass is 323 g/mol. The number of nitrogens with zero attached hydrogens (tertiary/aromatic N) is 1. The van der Waals surface area contributed by atoms with Gasteiger partial charge in [0, 0.05) is 22.7 Å². The number of hydrogen-bond donors (Lipinski definition) is 1. The van der Waals surface area contributed by atoms with Crippen LogP contribution in [0.4, 0.5) is 0 Å². The van der Waals surface area contributed by atoms with Crippen LogP contribution in [0.1, 0.15) is 17.2 Å². The number of benzene rings is 2. The third-order valence-electron chi connectivity index (χ3n) is 3.41. The predicted molar refractivity (Wildman–Crippen MR) is 82.0 cm³/mol. The van der Waals surface area contributed by atoms with Gasteiger partial charge in [0.15, 0.2) is 5.58 Å². The summed E-state index contributed by atoms with van der Waals surface area (Å²) in [4.78, 5) is 11.5. The quantitative estimate of drug-likeness (QED) is 0.785. The van der Waals surface area contributed by atoms with Gasteiger partial charge in [-0.05, 0) is 29.8 Å².